The van der Waals surface area contributed by atoms with Gasteiger partial charge in [0.2, 0.25) is 0 Å². The van der Waals surface area contributed by atoms with Gasteiger partial charge >= 0.3 is 279 Å². The number of allylic oxidation sites excluding steroid dienone is 8. The Kier molecular flexibility index (Phi) is 9.07. The molecule has 0 aromatic heterocycles. The first-order valence-electron chi connectivity index (χ1n) is 16.0. The molecule has 2 aliphatic carbocycles. The van der Waals surface area contributed by atoms with Crippen molar-refractivity contribution >= 4 is 16.1 Å². The van der Waals surface area contributed by atoms with Gasteiger partial charge in [-0.05, 0) is 0 Å². The summed E-state index contributed by atoms with van der Waals surface area (Å²) in [5.41, 5.74) is 4.80. The summed E-state index contributed by atoms with van der Waals surface area (Å²) in [4.78, 5) is 0. The van der Waals surface area contributed by atoms with Crippen molar-refractivity contribution in [2.75, 3.05) is 0 Å². The van der Waals surface area contributed by atoms with Crippen LogP contribution < -0.4 is 5.63 Å². The first-order chi connectivity index (χ1) is 21.5. The Hall–Kier alpha value is -3.24. The van der Waals surface area contributed by atoms with Gasteiger partial charge in [0.25, 0.3) is 0 Å². The molecule has 4 aromatic rings. The standard InChI is InChI=1S/2C12H10O.2C8H13Si.Zr/c2*13-12-8-6-11(7-9-12)10-4-2-1-3-5-10;2*1-9(2,3)8-6-4-5-7-8;/h2*1-9,13H;2*4,6H,5H2,1-3H3;/q;;;;+2/p-2. The molecule has 0 saturated carbocycles. The van der Waals surface area contributed by atoms with Crippen molar-refractivity contribution in [3.63, 3.8) is 0 Å². The van der Waals surface area contributed by atoms with Gasteiger partial charge in [-0.3, -0.25) is 0 Å². The SMILES string of the molecule is C[Si](C)(C)C1=[C]([Zr]([O]c2ccc(-c3ccccc3)cc2)([O]c2ccc(-c3ccccc3)cc2)[C]2=C([Si](C)(C)C)C=CC2)CC=C1. The van der Waals surface area contributed by atoms with E-state index in [4.69, 9.17) is 5.63 Å². The zero-order valence-electron chi connectivity index (χ0n) is 27.4. The van der Waals surface area contributed by atoms with E-state index in [0.717, 1.165) is 24.3 Å². The molecule has 0 saturated heterocycles. The monoisotopic (exact) mass is 702 g/mol. The summed E-state index contributed by atoms with van der Waals surface area (Å²) in [6.45, 7) is 14.7. The fraction of sp³-hybridized carbons (Fsp3) is 0.200. The van der Waals surface area contributed by atoms with Gasteiger partial charge < -0.3 is 0 Å². The topological polar surface area (TPSA) is 18.5 Å². The molecule has 0 radical (unpaired) electrons. The molecule has 0 unspecified atom stereocenters. The van der Waals surface area contributed by atoms with Crippen molar-refractivity contribution in [1.82, 2.24) is 0 Å². The van der Waals surface area contributed by atoms with E-state index in [1.807, 2.05) is 0 Å². The minimum absolute atomic E-state index is 0.898. The van der Waals surface area contributed by atoms with Crippen LogP contribution in [0.15, 0.2) is 150 Å². The van der Waals surface area contributed by atoms with Crippen LogP contribution in [0, 0.1) is 0 Å². The van der Waals surface area contributed by atoms with Crippen molar-refractivity contribution in [2.24, 2.45) is 0 Å². The van der Waals surface area contributed by atoms with E-state index in [-0.39, 0.29) is 0 Å². The first kappa shape index (κ1) is 31.7. The molecule has 228 valence electrons. The molecule has 0 amide bonds. The van der Waals surface area contributed by atoms with E-state index in [2.05, 4.69) is 173 Å². The van der Waals surface area contributed by atoms with Gasteiger partial charge in [0.15, 0.2) is 0 Å². The predicted octanol–water partition coefficient (Wildman–Crippen LogP) is 11.6. The van der Waals surface area contributed by atoms with Crippen LogP contribution >= 0.6 is 0 Å². The summed E-state index contributed by atoms with van der Waals surface area (Å²) in [6.07, 6.45) is 11.3. The van der Waals surface area contributed by atoms with E-state index in [9.17, 15) is 0 Å². The average molecular weight is 704 g/mol. The summed E-state index contributed by atoms with van der Waals surface area (Å²) in [5, 5.41) is 3.02. The molecule has 45 heavy (non-hydrogen) atoms. The van der Waals surface area contributed by atoms with Crippen LogP contribution in [0.3, 0.4) is 0 Å². The molecule has 2 nitrogen and oxygen atoms in total. The van der Waals surface area contributed by atoms with Crippen LogP contribution in [-0.4, -0.2) is 16.1 Å². The maximum atomic E-state index is 7.57. The molecule has 0 aliphatic heterocycles. The Labute approximate surface area is 277 Å². The van der Waals surface area contributed by atoms with Gasteiger partial charge in [0, 0.05) is 0 Å². The number of benzene rings is 4. The minimum atomic E-state index is -4.36. The van der Waals surface area contributed by atoms with Crippen molar-refractivity contribution in [3.05, 3.63) is 150 Å². The summed E-state index contributed by atoms with van der Waals surface area (Å²) in [5.74, 6) is 1.80. The summed E-state index contributed by atoms with van der Waals surface area (Å²) in [6, 6.07) is 38.5. The Balaban J connectivity index is 1.52. The Bertz CT molecular complexity index is 1640. The summed E-state index contributed by atoms with van der Waals surface area (Å²) < 4.78 is 18.0. The van der Waals surface area contributed by atoms with Gasteiger partial charge in [0.05, 0.1) is 0 Å². The van der Waals surface area contributed by atoms with Crippen LogP contribution in [0.4, 0.5) is 0 Å². The van der Waals surface area contributed by atoms with Gasteiger partial charge in [-0.25, -0.2) is 0 Å². The fourth-order valence-corrected chi connectivity index (χ4v) is 25.8. The molecule has 5 heteroatoms. The zero-order valence-corrected chi connectivity index (χ0v) is 31.9. The van der Waals surface area contributed by atoms with E-state index < -0.39 is 37.3 Å². The van der Waals surface area contributed by atoms with Crippen molar-refractivity contribution in [2.45, 2.75) is 52.1 Å². The second-order valence-corrected chi connectivity index (χ2v) is 31.2. The molecule has 4 aromatic carbocycles. The summed E-state index contributed by atoms with van der Waals surface area (Å²) in [7, 11) is -3.41. The van der Waals surface area contributed by atoms with Gasteiger partial charge in [-0.1, -0.05) is 0 Å². The Morgan fingerprint density at radius 1 is 0.444 bits per heavy atom. The van der Waals surface area contributed by atoms with Gasteiger partial charge in [-0.15, -0.1) is 0 Å². The fourth-order valence-electron chi connectivity index (χ4n) is 6.51. The van der Waals surface area contributed by atoms with E-state index in [0.29, 0.717) is 0 Å². The van der Waals surface area contributed by atoms with E-state index >= 15 is 0 Å². The van der Waals surface area contributed by atoms with Gasteiger partial charge in [0.1, 0.15) is 0 Å². The van der Waals surface area contributed by atoms with Crippen molar-refractivity contribution in [1.29, 1.82) is 0 Å². The number of rotatable bonds is 10. The number of hydrogen-bond donors (Lipinski definition) is 0. The van der Waals surface area contributed by atoms with Crippen molar-refractivity contribution in [3.8, 4) is 33.8 Å². The van der Waals surface area contributed by atoms with E-state index in [1.165, 1.54) is 39.2 Å². The molecule has 6 rings (SSSR count). The number of hydrogen-bond acceptors (Lipinski definition) is 2. The van der Waals surface area contributed by atoms with Crippen LogP contribution in [-0.2, 0) is 21.1 Å². The first-order valence-corrected chi connectivity index (χ1v) is 27.5. The molecule has 0 N–H and O–H groups in total. The van der Waals surface area contributed by atoms with E-state index in [1.54, 1.807) is 0 Å². The zero-order chi connectivity index (χ0) is 31.7. The third-order valence-electron chi connectivity index (χ3n) is 8.72. The summed E-state index contributed by atoms with van der Waals surface area (Å²) >= 11 is -4.36. The third-order valence-corrected chi connectivity index (χ3v) is 22.9. The molecule has 0 atom stereocenters. The maximum absolute atomic E-state index is 7.57. The Morgan fingerprint density at radius 3 is 1.11 bits per heavy atom. The normalized spacial score (nSPS) is 15.2. The molecule has 2 aliphatic rings. The molecule has 0 fully saturated rings. The second-order valence-electron chi connectivity index (χ2n) is 14.1. The predicted molar refractivity (Wildman–Crippen MR) is 193 cm³/mol. The molecular formula is C40H44O2Si2Zr. The quantitative estimate of drug-likeness (QED) is 0.153. The van der Waals surface area contributed by atoms with Crippen LogP contribution in [0.25, 0.3) is 22.3 Å². The molecular weight excluding hydrogens is 660 g/mol. The van der Waals surface area contributed by atoms with Crippen LogP contribution in [0.2, 0.25) is 39.3 Å². The second kappa shape index (κ2) is 12.9. The molecule has 0 bridgehead atoms. The molecule has 0 heterocycles. The van der Waals surface area contributed by atoms with Crippen molar-refractivity contribution < 1.29 is 26.8 Å². The average Bonchev–Trinajstić information content (AvgIpc) is 3.74. The van der Waals surface area contributed by atoms with Crippen LogP contribution in [0.1, 0.15) is 12.8 Å². The third kappa shape index (κ3) is 6.82. The Morgan fingerprint density at radius 2 is 0.778 bits per heavy atom. The van der Waals surface area contributed by atoms with Gasteiger partial charge in [-0.2, -0.15) is 0 Å². The van der Waals surface area contributed by atoms with Crippen LogP contribution in [0.5, 0.6) is 11.5 Å². The molecule has 0 spiro atoms.